The Hall–Kier alpha value is -3.74. The van der Waals surface area contributed by atoms with E-state index in [1.54, 1.807) is 42.5 Å². The number of halogens is 2. The van der Waals surface area contributed by atoms with E-state index in [4.69, 9.17) is 36.8 Å². The van der Waals surface area contributed by atoms with E-state index in [0.29, 0.717) is 55.8 Å². The molecule has 0 bridgehead atoms. The molecular formula is C28H22Cl2N2O4. The highest BCUT2D eigenvalue weighted by Crippen LogP contribution is 2.36. The molecule has 1 N–H and O–H groups in total. The van der Waals surface area contributed by atoms with Crippen LogP contribution in [0.15, 0.2) is 75.6 Å². The van der Waals surface area contributed by atoms with E-state index in [2.05, 4.69) is 24.1 Å². The molecule has 3 aromatic carbocycles. The first-order valence-corrected chi connectivity index (χ1v) is 12.0. The highest BCUT2D eigenvalue weighted by molar-refractivity contribution is 6.43. The Labute approximate surface area is 217 Å². The van der Waals surface area contributed by atoms with E-state index in [0.717, 1.165) is 5.52 Å². The van der Waals surface area contributed by atoms with Gasteiger partial charge in [0.1, 0.15) is 17.0 Å². The summed E-state index contributed by atoms with van der Waals surface area (Å²) in [5.41, 5.74) is 4.39. The topological polar surface area (TPSA) is 77.5 Å². The monoisotopic (exact) mass is 520 g/mol. The number of nitrogens with one attached hydrogen (secondary N) is 1. The van der Waals surface area contributed by atoms with Crippen molar-refractivity contribution in [3.05, 3.63) is 88.1 Å². The maximum atomic E-state index is 13.0. The van der Waals surface area contributed by atoms with E-state index in [1.807, 2.05) is 24.3 Å². The van der Waals surface area contributed by atoms with Crippen molar-refractivity contribution in [2.24, 2.45) is 0 Å². The van der Waals surface area contributed by atoms with Gasteiger partial charge in [0.25, 0.3) is 5.91 Å². The minimum absolute atomic E-state index is 0.108. The van der Waals surface area contributed by atoms with Crippen molar-refractivity contribution >= 4 is 45.9 Å². The van der Waals surface area contributed by atoms with Crippen molar-refractivity contribution in [1.29, 1.82) is 0 Å². The first-order chi connectivity index (χ1) is 17.3. The fourth-order valence-corrected chi connectivity index (χ4v) is 4.24. The zero-order chi connectivity index (χ0) is 25.4. The summed E-state index contributed by atoms with van der Waals surface area (Å²) in [6.45, 7) is 4.26. The van der Waals surface area contributed by atoms with Gasteiger partial charge in [-0.25, -0.2) is 4.98 Å². The zero-order valence-corrected chi connectivity index (χ0v) is 21.3. The first kappa shape index (κ1) is 24.0. The minimum atomic E-state index is -0.450. The van der Waals surface area contributed by atoms with Gasteiger partial charge in [-0.1, -0.05) is 49.2 Å². The smallest absolute Gasteiger partial charge is 0.291 e. The number of carbonyl (C=O) groups excluding carboxylic acids is 1. The van der Waals surface area contributed by atoms with Crippen LogP contribution in [0.1, 0.15) is 35.9 Å². The Balaban J connectivity index is 1.43. The second-order valence-electron chi connectivity index (χ2n) is 8.54. The van der Waals surface area contributed by atoms with E-state index in [-0.39, 0.29) is 5.76 Å². The largest absolute Gasteiger partial charge is 0.495 e. The lowest BCUT2D eigenvalue weighted by atomic mass is 10.0. The van der Waals surface area contributed by atoms with Crippen molar-refractivity contribution in [2.75, 3.05) is 12.4 Å². The molecule has 1 amide bonds. The quantitative estimate of drug-likeness (QED) is 0.243. The molecule has 0 fully saturated rings. The highest BCUT2D eigenvalue weighted by atomic mass is 35.5. The van der Waals surface area contributed by atoms with E-state index in [1.165, 1.54) is 12.7 Å². The molecule has 0 unspecified atom stereocenters. The van der Waals surface area contributed by atoms with Crippen molar-refractivity contribution < 1.29 is 18.4 Å². The summed E-state index contributed by atoms with van der Waals surface area (Å²) < 4.78 is 17.2. The van der Waals surface area contributed by atoms with Crippen LogP contribution in [-0.2, 0) is 0 Å². The summed E-state index contributed by atoms with van der Waals surface area (Å²) in [4.78, 5) is 17.7. The van der Waals surface area contributed by atoms with Crippen molar-refractivity contribution in [1.82, 2.24) is 4.98 Å². The van der Waals surface area contributed by atoms with Gasteiger partial charge in [-0.05, 0) is 66.1 Å². The number of nitrogens with zero attached hydrogens (tertiary/aromatic N) is 1. The number of oxazole rings is 1. The SMILES string of the molecule is COc1ccc(-c2nc3cc(C(C)C)ccc3o2)cc1NC(=O)c1ccc(-c2cccc(Cl)c2Cl)o1. The Morgan fingerprint density at radius 3 is 2.61 bits per heavy atom. The Morgan fingerprint density at radius 2 is 1.83 bits per heavy atom. The number of ether oxygens (including phenoxy) is 1. The molecule has 0 spiro atoms. The van der Waals surface area contributed by atoms with Crippen LogP contribution in [0.4, 0.5) is 5.69 Å². The standard InChI is InChI=1S/C28H22Cl2N2O4/c1-15(2)16-7-10-24-21(13-16)32-28(36-24)17-8-9-23(34-3)20(14-17)31-27(33)25-12-11-22(35-25)18-5-4-6-19(29)26(18)30/h4-15H,1-3H3,(H,31,33). The third-order valence-electron chi connectivity index (χ3n) is 5.82. The summed E-state index contributed by atoms with van der Waals surface area (Å²) in [6, 6.07) is 19.8. The maximum absolute atomic E-state index is 13.0. The number of fused-ring (bicyclic) bond motifs is 1. The van der Waals surface area contributed by atoms with Gasteiger partial charge < -0.3 is 18.9 Å². The van der Waals surface area contributed by atoms with E-state index in [9.17, 15) is 4.79 Å². The van der Waals surface area contributed by atoms with Gasteiger partial charge >= 0.3 is 0 Å². The summed E-state index contributed by atoms with van der Waals surface area (Å²) >= 11 is 12.4. The van der Waals surface area contributed by atoms with Crippen LogP contribution in [-0.4, -0.2) is 18.0 Å². The Morgan fingerprint density at radius 1 is 1.00 bits per heavy atom. The molecule has 0 saturated heterocycles. The Kier molecular flexibility index (Phi) is 6.48. The van der Waals surface area contributed by atoms with Crippen LogP contribution in [0.25, 0.3) is 33.9 Å². The van der Waals surface area contributed by atoms with Crippen LogP contribution in [0.5, 0.6) is 5.75 Å². The molecule has 0 aliphatic heterocycles. The van der Waals surface area contributed by atoms with Crippen LogP contribution in [0.2, 0.25) is 10.0 Å². The number of hydrogen-bond donors (Lipinski definition) is 1. The molecule has 0 radical (unpaired) electrons. The molecule has 5 rings (SSSR count). The average Bonchev–Trinajstić information content (AvgIpc) is 3.53. The number of amides is 1. The number of carbonyl (C=O) groups is 1. The average molecular weight is 521 g/mol. The maximum Gasteiger partial charge on any atom is 0.291 e. The lowest BCUT2D eigenvalue weighted by Gasteiger charge is -2.10. The normalized spacial score (nSPS) is 11.3. The summed E-state index contributed by atoms with van der Waals surface area (Å²) in [7, 11) is 1.53. The lowest BCUT2D eigenvalue weighted by molar-refractivity contribution is 0.0997. The Bertz CT molecular complexity index is 1590. The second-order valence-corrected chi connectivity index (χ2v) is 9.32. The predicted molar refractivity (Wildman–Crippen MR) is 142 cm³/mol. The number of anilines is 1. The van der Waals surface area contributed by atoms with Gasteiger partial charge in [-0.3, -0.25) is 4.79 Å². The fourth-order valence-electron chi connectivity index (χ4n) is 3.85. The third-order valence-corrected chi connectivity index (χ3v) is 6.64. The molecular weight excluding hydrogens is 499 g/mol. The molecule has 8 heteroatoms. The predicted octanol–water partition coefficient (Wildman–Crippen LogP) is 8.45. The van der Waals surface area contributed by atoms with E-state index < -0.39 is 5.91 Å². The molecule has 0 aliphatic carbocycles. The summed E-state index contributed by atoms with van der Waals surface area (Å²) in [6.07, 6.45) is 0. The number of methoxy groups -OCH3 is 1. The molecule has 0 atom stereocenters. The van der Waals surface area contributed by atoms with E-state index >= 15 is 0 Å². The van der Waals surface area contributed by atoms with Crippen LogP contribution in [0.3, 0.4) is 0 Å². The van der Waals surface area contributed by atoms with Crippen LogP contribution < -0.4 is 10.1 Å². The lowest BCUT2D eigenvalue weighted by Crippen LogP contribution is -2.11. The second kappa shape index (κ2) is 9.72. The minimum Gasteiger partial charge on any atom is -0.495 e. The van der Waals surface area contributed by atoms with Crippen LogP contribution in [0, 0.1) is 0 Å². The van der Waals surface area contributed by atoms with Gasteiger partial charge in [0, 0.05) is 11.1 Å². The summed E-state index contributed by atoms with van der Waals surface area (Å²) in [5.74, 6) is 1.40. The zero-order valence-electron chi connectivity index (χ0n) is 19.8. The molecule has 0 saturated carbocycles. The molecule has 5 aromatic rings. The molecule has 6 nitrogen and oxygen atoms in total. The first-order valence-electron chi connectivity index (χ1n) is 11.3. The van der Waals surface area contributed by atoms with Gasteiger partial charge in [-0.2, -0.15) is 0 Å². The fraction of sp³-hybridized carbons (Fsp3) is 0.143. The molecule has 36 heavy (non-hydrogen) atoms. The molecule has 0 aliphatic rings. The number of aromatic nitrogens is 1. The third kappa shape index (κ3) is 4.57. The van der Waals surface area contributed by atoms with Gasteiger partial charge in [0.05, 0.1) is 22.8 Å². The van der Waals surface area contributed by atoms with Crippen molar-refractivity contribution in [3.63, 3.8) is 0 Å². The molecule has 182 valence electrons. The van der Waals surface area contributed by atoms with Gasteiger partial charge in [0.2, 0.25) is 5.89 Å². The highest BCUT2D eigenvalue weighted by Gasteiger charge is 2.18. The van der Waals surface area contributed by atoms with Gasteiger partial charge in [0.15, 0.2) is 11.3 Å². The van der Waals surface area contributed by atoms with Crippen molar-refractivity contribution in [3.8, 4) is 28.5 Å². The molecule has 2 heterocycles. The number of rotatable bonds is 6. The number of benzene rings is 3. The summed E-state index contributed by atoms with van der Waals surface area (Å²) in [5, 5.41) is 3.61. The van der Waals surface area contributed by atoms with Crippen LogP contribution >= 0.6 is 23.2 Å². The van der Waals surface area contributed by atoms with Crippen molar-refractivity contribution in [2.45, 2.75) is 19.8 Å². The number of hydrogen-bond acceptors (Lipinski definition) is 5. The van der Waals surface area contributed by atoms with Gasteiger partial charge in [-0.15, -0.1) is 0 Å². The molecule has 2 aromatic heterocycles. The number of furan rings is 1.